The van der Waals surface area contributed by atoms with E-state index in [2.05, 4.69) is 67.1 Å². The average molecular weight is 433 g/mol. The van der Waals surface area contributed by atoms with Crippen molar-refractivity contribution in [3.63, 3.8) is 0 Å². The number of nitrogens with zero attached hydrogens (tertiary/aromatic N) is 1. The Hall–Kier alpha value is 1.74. The normalized spacial score (nSPS) is 5.00. The Kier molecular flexibility index (Phi) is 17.6. The highest BCUT2D eigenvalue weighted by atomic mass is 127. The van der Waals surface area contributed by atoms with E-state index in [1.54, 1.807) is 6.07 Å². The van der Waals surface area contributed by atoms with Gasteiger partial charge in [-0.3, -0.25) is 0 Å². The van der Waals surface area contributed by atoms with Crippen molar-refractivity contribution in [3.05, 3.63) is 0 Å². The lowest BCUT2D eigenvalue weighted by Gasteiger charge is -1.63. The van der Waals surface area contributed by atoms with Crippen LogP contribution in [0.3, 0.4) is 0 Å². The number of hydrogen-bond donors (Lipinski definition) is 0. The van der Waals surface area contributed by atoms with Crippen LogP contribution in [-0.4, -0.2) is 0.282 Å². The van der Waals surface area contributed by atoms with Crippen LogP contribution in [-0.2, 0) is 0 Å². The SMILES string of the molecule is CC#N.IB(I)I. The average Bonchev–Trinajstić information content (AvgIpc) is 1.33. The highest BCUT2D eigenvalue weighted by molar-refractivity contribution is 14.4. The topological polar surface area (TPSA) is 23.8 Å². The van der Waals surface area contributed by atoms with Crippen molar-refractivity contribution in [2.45, 2.75) is 6.92 Å². The summed E-state index contributed by atoms with van der Waals surface area (Å²) in [6, 6.07) is 1.75. The van der Waals surface area contributed by atoms with Gasteiger partial charge in [0.2, 0.25) is 0 Å². The van der Waals surface area contributed by atoms with Gasteiger partial charge in [-0.15, -0.1) is 67.1 Å². The van der Waals surface area contributed by atoms with E-state index in [-0.39, 0.29) is 0 Å². The van der Waals surface area contributed by atoms with Gasteiger partial charge >= 0.3 is 0.282 Å². The molecule has 0 bridgehead atoms. The molecule has 5 heteroatoms. The molecule has 7 heavy (non-hydrogen) atoms. The van der Waals surface area contributed by atoms with Gasteiger partial charge in [-0.1, -0.05) is 0 Å². The molecule has 0 radical (unpaired) electrons. The maximum Gasteiger partial charge on any atom is 0.355 e. The lowest BCUT2D eigenvalue weighted by atomic mass is 10.8. The van der Waals surface area contributed by atoms with E-state index >= 15 is 0 Å². The minimum Gasteiger partial charge on any atom is -0.199 e. The molecule has 0 aromatic rings. The molecule has 0 aliphatic rings. The zero-order valence-electron chi connectivity index (χ0n) is 3.66. The van der Waals surface area contributed by atoms with Crippen molar-refractivity contribution in [3.8, 4) is 6.07 Å². The third-order valence-electron chi connectivity index (χ3n) is 0. The Morgan fingerprint density at radius 3 is 1.43 bits per heavy atom. The van der Waals surface area contributed by atoms with Gasteiger partial charge in [0.15, 0.2) is 0 Å². The van der Waals surface area contributed by atoms with E-state index in [1.807, 2.05) is 0 Å². The Labute approximate surface area is 84.3 Å². The highest BCUT2D eigenvalue weighted by Crippen LogP contribution is 2.10. The zero-order chi connectivity index (χ0) is 6.28. The van der Waals surface area contributed by atoms with Crippen molar-refractivity contribution >= 4 is 67.4 Å². The molecule has 0 saturated carbocycles. The van der Waals surface area contributed by atoms with Crippen LogP contribution in [0.5, 0.6) is 0 Å². The smallest absolute Gasteiger partial charge is 0.199 e. The molecule has 0 atom stereocenters. The maximum atomic E-state index is 7.32. The molecular weight excluding hydrogens is 430 g/mol. The standard InChI is InChI=1S/C2H3N.BI3/c1-2-3;2-1(3)4/h1H3;. The fourth-order valence-electron chi connectivity index (χ4n) is 0. The summed E-state index contributed by atoms with van der Waals surface area (Å²) < 4.78 is 0.743. The monoisotopic (exact) mass is 433 g/mol. The molecule has 40 valence electrons. The predicted octanol–water partition coefficient (Wildman–Crippen LogP) is 2.81. The quantitative estimate of drug-likeness (QED) is 0.427. The van der Waals surface area contributed by atoms with Crippen molar-refractivity contribution < 1.29 is 0 Å². The Morgan fingerprint density at radius 2 is 1.43 bits per heavy atom. The van der Waals surface area contributed by atoms with Crippen LogP contribution in [0.4, 0.5) is 0 Å². The molecule has 0 spiro atoms. The van der Waals surface area contributed by atoms with Gasteiger partial charge in [0, 0.05) is 6.92 Å². The fraction of sp³-hybridized carbons (Fsp3) is 0.500. The van der Waals surface area contributed by atoms with E-state index < -0.39 is 0 Å². The summed E-state index contributed by atoms with van der Waals surface area (Å²) in [4.78, 5) is 0. The van der Waals surface area contributed by atoms with Crippen molar-refractivity contribution in [1.29, 1.82) is 5.26 Å². The summed E-state index contributed by atoms with van der Waals surface area (Å²) in [5, 5.41) is 7.32. The van der Waals surface area contributed by atoms with E-state index in [4.69, 9.17) is 5.26 Å². The number of halogens is 3. The van der Waals surface area contributed by atoms with E-state index in [0.717, 1.165) is 0.282 Å². The van der Waals surface area contributed by atoms with Gasteiger partial charge in [0.25, 0.3) is 0 Å². The largest absolute Gasteiger partial charge is 0.355 e. The minimum atomic E-state index is 0.743. The summed E-state index contributed by atoms with van der Waals surface area (Å²) in [6.45, 7) is 1.43. The van der Waals surface area contributed by atoms with Crippen LogP contribution in [0.25, 0.3) is 0 Å². The number of nitriles is 1. The molecular formula is C2H3BI3N. The first-order valence-electron chi connectivity index (χ1n) is 1.38. The van der Waals surface area contributed by atoms with Crippen molar-refractivity contribution in [2.24, 2.45) is 0 Å². The minimum absolute atomic E-state index is 0.743. The molecule has 0 heterocycles. The van der Waals surface area contributed by atoms with Crippen LogP contribution in [0, 0.1) is 11.3 Å². The summed E-state index contributed by atoms with van der Waals surface area (Å²) in [6.07, 6.45) is 0. The third-order valence-corrected chi connectivity index (χ3v) is 0. The maximum absolute atomic E-state index is 7.32. The second-order valence-corrected chi connectivity index (χ2v) is 11.4. The first kappa shape index (κ1) is 11.5. The van der Waals surface area contributed by atoms with Crippen LogP contribution < -0.4 is 0 Å². The van der Waals surface area contributed by atoms with Crippen LogP contribution >= 0.6 is 67.1 Å². The Morgan fingerprint density at radius 1 is 1.43 bits per heavy atom. The Balaban J connectivity index is 0. The number of rotatable bonds is 0. The lowest BCUT2D eigenvalue weighted by Crippen LogP contribution is -1.59. The molecule has 0 aliphatic heterocycles. The van der Waals surface area contributed by atoms with Crippen molar-refractivity contribution in [1.82, 2.24) is 0 Å². The van der Waals surface area contributed by atoms with E-state index in [9.17, 15) is 0 Å². The van der Waals surface area contributed by atoms with E-state index in [1.165, 1.54) is 6.92 Å². The summed E-state index contributed by atoms with van der Waals surface area (Å²) in [5.41, 5.74) is 0. The van der Waals surface area contributed by atoms with Crippen molar-refractivity contribution in [2.75, 3.05) is 0 Å². The molecule has 0 fully saturated rings. The molecule has 0 rings (SSSR count). The third kappa shape index (κ3) is 84.0. The van der Waals surface area contributed by atoms with E-state index in [0.29, 0.717) is 0 Å². The summed E-state index contributed by atoms with van der Waals surface area (Å²) in [7, 11) is 0. The number of hydrogen-bond acceptors (Lipinski definition) is 1. The first-order chi connectivity index (χ1) is 3.15. The molecule has 0 aliphatic carbocycles. The van der Waals surface area contributed by atoms with Gasteiger partial charge in [0.1, 0.15) is 0 Å². The van der Waals surface area contributed by atoms with Crippen LogP contribution in [0.1, 0.15) is 6.92 Å². The predicted molar refractivity (Wildman–Crippen MR) is 59.1 cm³/mol. The molecule has 0 N–H and O–H groups in total. The van der Waals surface area contributed by atoms with Gasteiger partial charge in [-0.05, 0) is 0 Å². The second-order valence-electron chi connectivity index (χ2n) is 0.471. The first-order valence-corrected chi connectivity index (χ1v) is 5.12. The van der Waals surface area contributed by atoms with Gasteiger partial charge < -0.3 is 0 Å². The van der Waals surface area contributed by atoms with Gasteiger partial charge in [-0.25, -0.2) is 0 Å². The van der Waals surface area contributed by atoms with Gasteiger partial charge in [0.05, 0.1) is 6.07 Å². The summed E-state index contributed by atoms with van der Waals surface area (Å²) >= 11 is 6.95. The Bertz CT molecular complexity index is 55.7. The molecule has 0 aromatic heterocycles. The molecule has 0 amide bonds. The van der Waals surface area contributed by atoms with Gasteiger partial charge in [-0.2, -0.15) is 5.26 Å². The van der Waals surface area contributed by atoms with Crippen LogP contribution in [0.15, 0.2) is 0 Å². The fourth-order valence-corrected chi connectivity index (χ4v) is 0. The highest BCUT2D eigenvalue weighted by Gasteiger charge is 1.87. The lowest BCUT2D eigenvalue weighted by molar-refractivity contribution is 1.49. The molecule has 0 saturated heterocycles. The zero-order valence-corrected chi connectivity index (χ0v) is 10.1. The second kappa shape index (κ2) is 10.7. The van der Waals surface area contributed by atoms with Crippen LogP contribution in [0.2, 0.25) is 0 Å². The molecule has 1 nitrogen and oxygen atoms in total. The molecule has 0 unspecified atom stereocenters. The summed E-state index contributed by atoms with van der Waals surface area (Å²) in [5.74, 6) is 0. The molecule has 0 aromatic carbocycles.